The molecule has 5 rings (SSSR count). The predicted octanol–water partition coefficient (Wildman–Crippen LogP) is 3.82. The Morgan fingerprint density at radius 1 is 1.10 bits per heavy atom. The van der Waals surface area contributed by atoms with Gasteiger partial charge in [-0.1, -0.05) is 61.9 Å². The zero-order valence-corrected chi connectivity index (χ0v) is 17.7. The summed E-state index contributed by atoms with van der Waals surface area (Å²) in [5, 5.41) is 1.14. The summed E-state index contributed by atoms with van der Waals surface area (Å²) in [5.41, 5.74) is 5.44. The van der Waals surface area contributed by atoms with Crippen LogP contribution in [0.5, 0.6) is 0 Å². The number of aryl methyl sites for hydroxylation is 1. The molecule has 0 spiro atoms. The number of carbonyl (C=O) groups excluding carboxylic acids is 2. The molecule has 154 valence electrons. The lowest BCUT2D eigenvalue weighted by molar-refractivity contribution is -0.159. The minimum absolute atomic E-state index is 0.0241. The van der Waals surface area contributed by atoms with Crippen molar-refractivity contribution in [1.82, 2.24) is 14.8 Å². The maximum atomic E-state index is 13.5. The highest BCUT2D eigenvalue weighted by atomic mass is 16.2. The summed E-state index contributed by atoms with van der Waals surface area (Å²) in [6.07, 6.45) is 0.556. The lowest BCUT2D eigenvalue weighted by Crippen LogP contribution is -2.63. The number of benzene rings is 2. The van der Waals surface area contributed by atoms with E-state index in [1.54, 1.807) is 4.90 Å². The number of nitrogens with one attached hydrogen (secondary N) is 1. The average molecular weight is 402 g/mol. The number of rotatable bonds is 3. The molecule has 1 N–H and O–H groups in total. The molecule has 2 atom stereocenters. The molecular weight excluding hydrogens is 374 g/mol. The maximum Gasteiger partial charge on any atom is 0.246 e. The number of H-pyrrole nitrogens is 1. The normalized spacial score (nSPS) is 21.3. The van der Waals surface area contributed by atoms with Gasteiger partial charge in [0.15, 0.2) is 0 Å². The Balaban J connectivity index is 1.69. The van der Waals surface area contributed by atoms with Crippen LogP contribution >= 0.6 is 0 Å². The highest BCUT2D eigenvalue weighted by Gasteiger charge is 2.48. The molecule has 3 aromatic rings. The van der Waals surface area contributed by atoms with E-state index in [0.29, 0.717) is 18.9 Å². The lowest BCUT2D eigenvalue weighted by atomic mass is 9.85. The standard InChI is InChI=1S/C25H27N3O2/c1-15(2)13-27-14-22(29)28-21(25(27)30)12-19-18-9-4-5-10-20(18)26-23(19)24(28)17-8-6-7-16(3)11-17/h4-11,15,21,24,26H,12-14H2,1-3H3/t21-,24?/m0/s1. The topological polar surface area (TPSA) is 56.4 Å². The summed E-state index contributed by atoms with van der Waals surface area (Å²) in [4.78, 5) is 34.0. The minimum Gasteiger partial charge on any atom is -0.356 e. The van der Waals surface area contributed by atoms with Crippen molar-refractivity contribution >= 4 is 22.7 Å². The molecule has 1 unspecified atom stereocenters. The molecule has 0 radical (unpaired) electrons. The SMILES string of the molecule is Cc1cccc(C2c3[nH]c4ccccc4c3C[C@H]3C(=O)N(CC(C)C)CC(=O)N23)c1. The van der Waals surface area contributed by atoms with Crippen molar-refractivity contribution in [2.24, 2.45) is 5.92 Å². The van der Waals surface area contributed by atoms with E-state index >= 15 is 0 Å². The fourth-order valence-electron chi connectivity index (χ4n) is 5.11. The average Bonchev–Trinajstić information content (AvgIpc) is 3.08. The Kier molecular flexibility index (Phi) is 4.42. The van der Waals surface area contributed by atoms with Gasteiger partial charge >= 0.3 is 0 Å². The second kappa shape index (κ2) is 7.01. The molecule has 0 saturated carbocycles. The van der Waals surface area contributed by atoms with E-state index in [1.807, 2.05) is 23.1 Å². The molecule has 3 heterocycles. The monoisotopic (exact) mass is 401 g/mol. The van der Waals surface area contributed by atoms with Crippen LogP contribution in [0.2, 0.25) is 0 Å². The molecule has 5 nitrogen and oxygen atoms in total. The Labute approximate surface area is 176 Å². The molecule has 1 fully saturated rings. The van der Waals surface area contributed by atoms with Gasteiger partial charge in [0.25, 0.3) is 0 Å². The third-order valence-electron chi connectivity index (χ3n) is 6.29. The van der Waals surface area contributed by atoms with Gasteiger partial charge in [0, 0.05) is 29.6 Å². The Bertz CT molecular complexity index is 1150. The van der Waals surface area contributed by atoms with E-state index < -0.39 is 6.04 Å². The van der Waals surface area contributed by atoms with Gasteiger partial charge < -0.3 is 14.8 Å². The molecule has 2 aromatic carbocycles. The quantitative estimate of drug-likeness (QED) is 0.725. The van der Waals surface area contributed by atoms with Gasteiger partial charge in [-0.05, 0) is 30.0 Å². The number of nitrogens with zero attached hydrogens (tertiary/aromatic N) is 2. The third-order valence-corrected chi connectivity index (χ3v) is 6.29. The van der Waals surface area contributed by atoms with Crippen LogP contribution in [0.1, 0.15) is 42.3 Å². The molecule has 2 amide bonds. The molecule has 2 aliphatic heterocycles. The second-order valence-corrected chi connectivity index (χ2v) is 9.01. The number of hydrogen-bond donors (Lipinski definition) is 1. The van der Waals surface area contributed by atoms with Crippen LogP contribution in [0.25, 0.3) is 10.9 Å². The Hall–Kier alpha value is -3.08. The summed E-state index contributed by atoms with van der Waals surface area (Å²) in [6, 6.07) is 15.8. The Morgan fingerprint density at radius 2 is 1.90 bits per heavy atom. The summed E-state index contributed by atoms with van der Waals surface area (Å²) >= 11 is 0. The van der Waals surface area contributed by atoms with Crippen molar-refractivity contribution in [2.45, 2.75) is 39.3 Å². The smallest absolute Gasteiger partial charge is 0.246 e. The van der Waals surface area contributed by atoms with Crippen LogP contribution in [-0.2, 0) is 16.0 Å². The Morgan fingerprint density at radius 3 is 2.67 bits per heavy atom. The molecule has 0 bridgehead atoms. The van der Waals surface area contributed by atoms with Crippen molar-refractivity contribution in [3.63, 3.8) is 0 Å². The van der Waals surface area contributed by atoms with Crippen LogP contribution in [0.3, 0.4) is 0 Å². The van der Waals surface area contributed by atoms with Gasteiger partial charge in [-0.15, -0.1) is 0 Å². The minimum atomic E-state index is -0.456. The summed E-state index contributed by atoms with van der Waals surface area (Å²) in [5.74, 6) is 0.418. The highest BCUT2D eigenvalue weighted by molar-refractivity contribution is 5.97. The van der Waals surface area contributed by atoms with Crippen LogP contribution < -0.4 is 0 Å². The zero-order valence-electron chi connectivity index (χ0n) is 17.7. The van der Waals surface area contributed by atoms with E-state index in [4.69, 9.17) is 0 Å². The number of piperazine rings is 1. The van der Waals surface area contributed by atoms with Crippen LogP contribution in [-0.4, -0.2) is 45.7 Å². The van der Waals surface area contributed by atoms with Crippen molar-refractivity contribution in [3.8, 4) is 0 Å². The van der Waals surface area contributed by atoms with Crippen LogP contribution in [0, 0.1) is 12.8 Å². The largest absolute Gasteiger partial charge is 0.356 e. The van der Waals surface area contributed by atoms with E-state index in [0.717, 1.165) is 33.3 Å². The van der Waals surface area contributed by atoms with Gasteiger partial charge in [0.2, 0.25) is 11.8 Å². The van der Waals surface area contributed by atoms with Crippen molar-refractivity contribution in [1.29, 1.82) is 0 Å². The highest BCUT2D eigenvalue weighted by Crippen LogP contribution is 2.42. The van der Waals surface area contributed by atoms with Crippen LogP contribution in [0.15, 0.2) is 48.5 Å². The number of hydrogen-bond acceptors (Lipinski definition) is 2. The fraction of sp³-hybridized carbons (Fsp3) is 0.360. The number of aromatic nitrogens is 1. The number of amides is 2. The van der Waals surface area contributed by atoms with E-state index in [-0.39, 0.29) is 24.4 Å². The molecule has 5 heteroatoms. The molecule has 1 saturated heterocycles. The van der Waals surface area contributed by atoms with Crippen molar-refractivity contribution in [2.75, 3.05) is 13.1 Å². The van der Waals surface area contributed by atoms with Gasteiger partial charge in [0.1, 0.15) is 6.04 Å². The van der Waals surface area contributed by atoms with Gasteiger partial charge in [-0.2, -0.15) is 0 Å². The lowest BCUT2D eigenvalue weighted by Gasteiger charge is -2.47. The second-order valence-electron chi connectivity index (χ2n) is 9.01. The number of fused-ring (bicyclic) bond motifs is 4. The molecular formula is C25H27N3O2. The summed E-state index contributed by atoms with van der Waals surface area (Å²) in [7, 11) is 0. The molecule has 0 aliphatic carbocycles. The van der Waals surface area contributed by atoms with Crippen LogP contribution in [0.4, 0.5) is 0 Å². The summed E-state index contributed by atoms with van der Waals surface area (Å²) < 4.78 is 0. The van der Waals surface area contributed by atoms with E-state index in [2.05, 4.69) is 56.1 Å². The number of carbonyl (C=O) groups is 2. The van der Waals surface area contributed by atoms with E-state index in [9.17, 15) is 9.59 Å². The van der Waals surface area contributed by atoms with Crippen molar-refractivity contribution < 1.29 is 9.59 Å². The first kappa shape index (κ1) is 18.9. The van der Waals surface area contributed by atoms with Gasteiger partial charge in [-0.3, -0.25) is 9.59 Å². The van der Waals surface area contributed by atoms with Crippen molar-refractivity contribution in [3.05, 3.63) is 70.9 Å². The number of para-hydroxylation sites is 1. The van der Waals surface area contributed by atoms with Gasteiger partial charge in [-0.25, -0.2) is 0 Å². The van der Waals surface area contributed by atoms with E-state index in [1.165, 1.54) is 0 Å². The third kappa shape index (κ3) is 2.92. The molecule has 30 heavy (non-hydrogen) atoms. The predicted molar refractivity (Wildman–Crippen MR) is 117 cm³/mol. The maximum absolute atomic E-state index is 13.5. The zero-order chi connectivity index (χ0) is 21.0. The first-order valence-electron chi connectivity index (χ1n) is 10.7. The first-order chi connectivity index (χ1) is 14.4. The fourth-order valence-corrected chi connectivity index (χ4v) is 5.11. The molecule has 2 aliphatic rings. The summed E-state index contributed by atoms with van der Waals surface area (Å²) in [6.45, 7) is 7.00. The van der Waals surface area contributed by atoms with Gasteiger partial charge in [0.05, 0.1) is 12.6 Å². The number of aromatic amines is 1. The first-order valence-corrected chi connectivity index (χ1v) is 10.7. The molecule has 1 aromatic heterocycles.